The summed E-state index contributed by atoms with van der Waals surface area (Å²) >= 11 is 0. The smallest absolute Gasteiger partial charge is 0.339 e. The number of benzene rings is 1. The number of nitrogens with zero attached hydrogens (tertiary/aromatic N) is 1. The van der Waals surface area contributed by atoms with E-state index < -0.39 is 5.97 Å². The molecule has 0 aliphatic carbocycles. The summed E-state index contributed by atoms with van der Waals surface area (Å²) in [6.45, 7) is 4.08. The van der Waals surface area contributed by atoms with Crippen molar-refractivity contribution in [3.05, 3.63) is 23.8 Å². The van der Waals surface area contributed by atoms with Crippen molar-refractivity contribution in [3.8, 4) is 11.5 Å². The average Bonchev–Trinajstić information content (AvgIpc) is 2.96. The summed E-state index contributed by atoms with van der Waals surface area (Å²) in [5.41, 5.74) is 0.150. The molecule has 5 nitrogen and oxygen atoms in total. The Kier molecular flexibility index (Phi) is 5.24. The number of methoxy groups -OCH3 is 1. The summed E-state index contributed by atoms with van der Waals surface area (Å²) in [4.78, 5) is 13.4. The first-order valence-electron chi connectivity index (χ1n) is 6.97. The summed E-state index contributed by atoms with van der Waals surface area (Å²) < 4.78 is 10.7. The monoisotopic (exact) mass is 279 g/mol. The summed E-state index contributed by atoms with van der Waals surface area (Å²) in [7, 11) is 1.46. The number of rotatable bonds is 7. The molecule has 1 N–H and O–H groups in total. The Balaban J connectivity index is 1.81. The minimum atomic E-state index is -0.998. The van der Waals surface area contributed by atoms with Gasteiger partial charge in [0.25, 0.3) is 0 Å². The van der Waals surface area contributed by atoms with E-state index in [1.54, 1.807) is 12.1 Å². The topological polar surface area (TPSA) is 59.0 Å². The Bertz CT molecular complexity index is 455. The minimum absolute atomic E-state index is 0.150. The Hall–Kier alpha value is -1.75. The highest BCUT2D eigenvalue weighted by atomic mass is 16.5. The van der Waals surface area contributed by atoms with E-state index in [4.69, 9.17) is 14.6 Å². The van der Waals surface area contributed by atoms with Gasteiger partial charge in [0.1, 0.15) is 17.1 Å². The summed E-state index contributed by atoms with van der Waals surface area (Å²) in [5.74, 6) is -0.0229. The quantitative estimate of drug-likeness (QED) is 0.776. The second-order valence-electron chi connectivity index (χ2n) is 4.92. The van der Waals surface area contributed by atoms with Crippen molar-refractivity contribution in [2.75, 3.05) is 33.4 Å². The maximum atomic E-state index is 11.0. The molecule has 5 heteroatoms. The molecule has 20 heavy (non-hydrogen) atoms. The molecule has 2 rings (SSSR count). The number of carboxylic acids is 1. The Morgan fingerprint density at radius 1 is 1.35 bits per heavy atom. The molecule has 0 spiro atoms. The van der Waals surface area contributed by atoms with E-state index in [1.165, 1.54) is 39.1 Å². The SMILES string of the molecule is COc1cc(OCCCN2CCCC2)ccc1C(=O)O. The summed E-state index contributed by atoms with van der Waals surface area (Å²) in [6, 6.07) is 4.80. The van der Waals surface area contributed by atoms with Gasteiger partial charge in [-0.3, -0.25) is 0 Å². The van der Waals surface area contributed by atoms with E-state index in [-0.39, 0.29) is 5.56 Å². The lowest BCUT2D eigenvalue weighted by molar-refractivity contribution is 0.0693. The van der Waals surface area contributed by atoms with Crippen LogP contribution in [-0.2, 0) is 0 Å². The van der Waals surface area contributed by atoms with Crippen molar-refractivity contribution < 1.29 is 19.4 Å². The second kappa shape index (κ2) is 7.14. The van der Waals surface area contributed by atoms with Crippen molar-refractivity contribution in [1.82, 2.24) is 4.90 Å². The highest BCUT2D eigenvalue weighted by Crippen LogP contribution is 2.24. The third-order valence-corrected chi connectivity index (χ3v) is 3.49. The molecule has 0 radical (unpaired) electrons. The van der Waals surface area contributed by atoms with Gasteiger partial charge >= 0.3 is 5.97 Å². The number of likely N-dealkylation sites (tertiary alicyclic amines) is 1. The van der Waals surface area contributed by atoms with Gasteiger partial charge in [0.15, 0.2) is 0 Å². The molecule has 0 amide bonds. The first kappa shape index (κ1) is 14.7. The maximum Gasteiger partial charge on any atom is 0.339 e. The van der Waals surface area contributed by atoms with Crippen molar-refractivity contribution in [3.63, 3.8) is 0 Å². The standard InChI is InChI=1S/C15H21NO4/c1-19-14-11-12(5-6-13(14)15(17)18)20-10-4-9-16-7-2-3-8-16/h5-6,11H,2-4,7-10H2,1H3,(H,17,18). The number of aromatic carboxylic acids is 1. The molecule has 0 unspecified atom stereocenters. The first-order valence-corrected chi connectivity index (χ1v) is 6.97. The van der Waals surface area contributed by atoms with E-state index in [1.807, 2.05) is 0 Å². The van der Waals surface area contributed by atoms with Gasteiger partial charge in [-0.1, -0.05) is 0 Å². The van der Waals surface area contributed by atoms with Crippen LogP contribution in [-0.4, -0.2) is 49.3 Å². The summed E-state index contributed by atoms with van der Waals surface area (Å²) in [5, 5.41) is 9.00. The maximum absolute atomic E-state index is 11.0. The van der Waals surface area contributed by atoms with Gasteiger partial charge in [-0.2, -0.15) is 0 Å². The predicted octanol–water partition coefficient (Wildman–Crippen LogP) is 2.26. The van der Waals surface area contributed by atoms with Crippen LogP contribution in [0.2, 0.25) is 0 Å². The molecule has 1 aliphatic rings. The molecule has 1 aromatic carbocycles. The normalized spacial score (nSPS) is 15.2. The zero-order valence-electron chi connectivity index (χ0n) is 11.8. The van der Waals surface area contributed by atoms with Gasteiger partial charge in [0.05, 0.1) is 13.7 Å². The molecule has 1 aliphatic heterocycles. The fourth-order valence-corrected chi connectivity index (χ4v) is 2.42. The van der Waals surface area contributed by atoms with Crippen LogP contribution in [0.5, 0.6) is 11.5 Å². The Labute approximate surface area is 119 Å². The van der Waals surface area contributed by atoms with Crippen LogP contribution in [0, 0.1) is 0 Å². The van der Waals surface area contributed by atoms with Crippen molar-refractivity contribution >= 4 is 5.97 Å². The zero-order valence-corrected chi connectivity index (χ0v) is 11.8. The number of ether oxygens (including phenoxy) is 2. The van der Waals surface area contributed by atoms with Gasteiger partial charge in [0, 0.05) is 12.6 Å². The fraction of sp³-hybridized carbons (Fsp3) is 0.533. The van der Waals surface area contributed by atoms with E-state index in [0.29, 0.717) is 18.1 Å². The molecule has 0 saturated carbocycles. The van der Waals surface area contributed by atoms with Gasteiger partial charge in [-0.05, 0) is 44.5 Å². The molecule has 1 saturated heterocycles. The lowest BCUT2D eigenvalue weighted by Gasteiger charge is -2.14. The average molecular weight is 279 g/mol. The van der Waals surface area contributed by atoms with Crippen LogP contribution in [0.15, 0.2) is 18.2 Å². The van der Waals surface area contributed by atoms with E-state index in [2.05, 4.69) is 4.90 Å². The number of hydrogen-bond acceptors (Lipinski definition) is 4. The molecule has 1 fully saturated rings. The predicted molar refractivity (Wildman–Crippen MR) is 75.7 cm³/mol. The van der Waals surface area contributed by atoms with Crippen LogP contribution in [0.4, 0.5) is 0 Å². The Morgan fingerprint density at radius 2 is 2.10 bits per heavy atom. The zero-order chi connectivity index (χ0) is 14.4. The van der Waals surface area contributed by atoms with Crippen LogP contribution in [0.1, 0.15) is 29.6 Å². The van der Waals surface area contributed by atoms with Crippen LogP contribution >= 0.6 is 0 Å². The molecule has 0 aromatic heterocycles. The fourth-order valence-electron chi connectivity index (χ4n) is 2.42. The molecular formula is C15H21NO4. The van der Waals surface area contributed by atoms with Crippen LogP contribution in [0.3, 0.4) is 0 Å². The second-order valence-corrected chi connectivity index (χ2v) is 4.92. The first-order chi connectivity index (χ1) is 9.70. The van der Waals surface area contributed by atoms with Gasteiger partial charge < -0.3 is 19.5 Å². The third-order valence-electron chi connectivity index (χ3n) is 3.49. The highest BCUT2D eigenvalue weighted by molar-refractivity contribution is 5.91. The van der Waals surface area contributed by atoms with Crippen LogP contribution in [0.25, 0.3) is 0 Å². The van der Waals surface area contributed by atoms with Gasteiger partial charge in [-0.15, -0.1) is 0 Å². The lowest BCUT2D eigenvalue weighted by Crippen LogP contribution is -2.21. The van der Waals surface area contributed by atoms with Crippen molar-refractivity contribution in [2.45, 2.75) is 19.3 Å². The van der Waals surface area contributed by atoms with E-state index in [0.717, 1.165) is 13.0 Å². The van der Waals surface area contributed by atoms with E-state index >= 15 is 0 Å². The van der Waals surface area contributed by atoms with Gasteiger partial charge in [-0.25, -0.2) is 4.79 Å². The number of carbonyl (C=O) groups is 1. The molecule has 1 aromatic rings. The van der Waals surface area contributed by atoms with Crippen LogP contribution < -0.4 is 9.47 Å². The molecular weight excluding hydrogens is 258 g/mol. The molecule has 110 valence electrons. The molecule has 0 bridgehead atoms. The minimum Gasteiger partial charge on any atom is -0.496 e. The van der Waals surface area contributed by atoms with E-state index in [9.17, 15) is 4.79 Å². The van der Waals surface area contributed by atoms with Gasteiger partial charge in [0.2, 0.25) is 0 Å². The number of hydrogen-bond donors (Lipinski definition) is 1. The largest absolute Gasteiger partial charge is 0.496 e. The van der Waals surface area contributed by atoms with Crippen molar-refractivity contribution in [1.29, 1.82) is 0 Å². The number of carboxylic acid groups (broad SMARTS) is 1. The third kappa shape index (κ3) is 3.87. The molecule has 0 atom stereocenters. The molecule has 1 heterocycles. The Morgan fingerprint density at radius 3 is 2.75 bits per heavy atom. The highest BCUT2D eigenvalue weighted by Gasteiger charge is 2.12. The summed E-state index contributed by atoms with van der Waals surface area (Å²) in [6.07, 6.45) is 3.58. The van der Waals surface area contributed by atoms with Crippen molar-refractivity contribution in [2.24, 2.45) is 0 Å². The lowest BCUT2D eigenvalue weighted by atomic mass is 10.2.